The van der Waals surface area contributed by atoms with E-state index in [-0.39, 0.29) is 5.41 Å². The van der Waals surface area contributed by atoms with Gasteiger partial charge >= 0.3 is 0 Å². The van der Waals surface area contributed by atoms with E-state index in [9.17, 15) is 0 Å². The van der Waals surface area contributed by atoms with Crippen molar-refractivity contribution in [3.8, 4) is 0 Å². The molecule has 0 saturated heterocycles. The monoisotopic (exact) mass is 292 g/mol. The van der Waals surface area contributed by atoms with Gasteiger partial charge in [0.1, 0.15) is 16.5 Å². The van der Waals surface area contributed by atoms with Gasteiger partial charge < -0.3 is 9.26 Å². The number of fused-ring (bicyclic) bond motifs is 1. The Bertz CT molecular complexity index is 638. The van der Waals surface area contributed by atoms with Gasteiger partial charge in [-0.15, -0.1) is 0 Å². The van der Waals surface area contributed by atoms with Crippen LogP contribution in [0.1, 0.15) is 37.2 Å². The van der Waals surface area contributed by atoms with Gasteiger partial charge in [0.25, 0.3) is 0 Å². The van der Waals surface area contributed by atoms with Crippen LogP contribution in [0.15, 0.2) is 29.0 Å². The number of pyridine rings is 1. The van der Waals surface area contributed by atoms with E-state index in [2.05, 4.69) is 24.0 Å². The summed E-state index contributed by atoms with van der Waals surface area (Å²) >= 11 is 6.29. The maximum absolute atomic E-state index is 6.29. The number of nitrogens with zero attached hydrogens (tertiary/aromatic N) is 2. The number of aromatic nitrogens is 2. The molecule has 3 rings (SSSR count). The maximum Gasteiger partial charge on any atom is 0.145 e. The first-order chi connectivity index (χ1) is 9.48. The quantitative estimate of drug-likeness (QED) is 0.795. The SMILES string of the molecule is COC1(c2cccnc2Cl)Cc2cnoc2C(C)(C)C1. The van der Waals surface area contributed by atoms with Gasteiger partial charge in [0.2, 0.25) is 0 Å². The van der Waals surface area contributed by atoms with Crippen molar-refractivity contribution in [2.45, 2.75) is 37.7 Å². The van der Waals surface area contributed by atoms with E-state index in [0.29, 0.717) is 11.6 Å². The smallest absolute Gasteiger partial charge is 0.145 e. The normalized spacial score (nSPS) is 24.4. The van der Waals surface area contributed by atoms with Gasteiger partial charge in [-0.1, -0.05) is 36.7 Å². The molecule has 2 aromatic heterocycles. The molecule has 2 heterocycles. The van der Waals surface area contributed by atoms with E-state index >= 15 is 0 Å². The van der Waals surface area contributed by atoms with Crippen LogP contribution in [-0.4, -0.2) is 17.3 Å². The number of ether oxygens (including phenoxy) is 1. The summed E-state index contributed by atoms with van der Waals surface area (Å²) in [6.07, 6.45) is 4.92. The summed E-state index contributed by atoms with van der Waals surface area (Å²) in [5, 5.41) is 4.43. The van der Waals surface area contributed by atoms with Gasteiger partial charge in [0.15, 0.2) is 0 Å². The van der Waals surface area contributed by atoms with Crippen LogP contribution >= 0.6 is 11.6 Å². The molecule has 0 fully saturated rings. The predicted molar refractivity (Wildman–Crippen MR) is 75.8 cm³/mol. The molecular formula is C15H17ClN2O2. The highest BCUT2D eigenvalue weighted by Crippen LogP contribution is 2.48. The first-order valence-electron chi connectivity index (χ1n) is 6.59. The fourth-order valence-electron chi connectivity index (χ4n) is 3.28. The van der Waals surface area contributed by atoms with Crippen molar-refractivity contribution in [1.82, 2.24) is 10.1 Å². The summed E-state index contributed by atoms with van der Waals surface area (Å²) in [4.78, 5) is 4.19. The van der Waals surface area contributed by atoms with E-state index in [0.717, 1.165) is 23.3 Å². The Kier molecular flexibility index (Phi) is 3.10. The van der Waals surface area contributed by atoms with Crippen LogP contribution in [0.25, 0.3) is 0 Å². The summed E-state index contributed by atoms with van der Waals surface area (Å²) in [5.41, 5.74) is 1.33. The molecule has 0 radical (unpaired) electrons. The van der Waals surface area contributed by atoms with E-state index in [1.165, 1.54) is 0 Å². The molecule has 0 saturated carbocycles. The third-order valence-corrected chi connectivity index (χ3v) is 4.40. The Morgan fingerprint density at radius 2 is 2.20 bits per heavy atom. The zero-order chi connectivity index (χ0) is 14.4. The molecule has 1 aliphatic rings. The highest BCUT2D eigenvalue weighted by atomic mass is 35.5. The van der Waals surface area contributed by atoms with Gasteiger partial charge in [-0.2, -0.15) is 0 Å². The molecule has 0 aliphatic heterocycles. The van der Waals surface area contributed by atoms with Gasteiger partial charge in [0.05, 0.1) is 6.20 Å². The van der Waals surface area contributed by atoms with Crippen molar-refractivity contribution in [2.75, 3.05) is 7.11 Å². The van der Waals surface area contributed by atoms with Crippen LogP contribution in [0.2, 0.25) is 5.15 Å². The van der Waals surface area contributed by atoms with Crippen molar-refractivity contribution in [3.05, 3.63) is 46.6 Å². The average Bonchev–Trinajstić information content (AvgIpc) is 2.87. The highest BCUT2D eigenvalue weighted by molar-refractivity contribution is 6.30. The summed E-state index contributed by atoms with van der Waals surface area (Å²) in [6, 6.07) is 3.87. The van der Waals surface area contributed by atoms with E-state index < -0.39 is 5.60 Å². The van der Waals surface area contributed by atoms with Crippen molar-refractivity contribution >= 4 is 11.6 Å². The summed E-state index contributed by atoms with van der Waals surface area (Å²) in [7, 11) is 1.72. The predicted octanol–water partition coefficient (Wildman–Crippen LogP) is 3.49. The second kappa shape index (κ2) is 4.57. The minimum atomic E-state index is -0.493. The molecule has 0 amide bonds. The lowest BCUT2D eigenvalue weighted by Gasteiger charge is -2.42. The third-order valence-electron chi connectivity index (χ3n) is 4.10. The molecule has 0 N–H and O–H groups in total. The zero-order valence-electron chi connectivity index (χ0n) is 11.8. The third kappa shape index (κ3) is 1.95. The zero-order valence-corrected chi connectivity index (χ0v) is 12.6. The maximum atomic E-state index is 6.29. The van der Waals surface area contributed by atoms with Gasteiger partial charge in [-0.05, 0) is 12.5 Å². The van der Waals surface area contributed by atoms with Crippen LogP contribution in [0.3, 0.4) is 0 Å². The highest BCUT2D eigenvalue weighted by Gasteiger charge is 2.48. The van der Waals surface area contributed by atoms with Crippen LogP contribution in [0, 0.1) is 0 Å². The summed E-state index contributed by atoms with van der Waals surface area (Å²) < 4.78 is 11.3. The number of hydrogen-bond acceptors (Lipinski definition) is 4. The number of methoxy groups -OCH3 is 1. The second-order valence-electron chi connectivity index (χ2n) is 5.96. The minimum Gasteiger partial charge on any atom is -0.373 e. The number of rotatable bonds is 2. The second-order valence-corrected chi connectivity index (χ2v) is 6.32. The molecular weight excluding hydrogens is 276 g/mol. The topological polar surface area (TPSA) is 48.2 Å². The largest absolute Gasteiger partial charge is 0.373 e. The first kappa shape index (κ1) is 13.6. The first-order valence-corrected chi connectivity index (χ1v) is 6.96. The Hall–Kier alpha value is -1.39. The standard InChI is InChI=1S/C15H17ClN2O2/c1-14(2)9-15(19-3,7-10-8-18-20-12(10)14)11-5-4-6-17-13(11)16/h4-6,8H,7,9H2,1-3H3. The van der Waals surface area contributed by atoms with Crippen molar-refractivity contribution < 1.29 is 9.26 Å². The minimum absolute atomic E-state index is 0.167. The Morgan fingerprint density at radius 1 is 1.40 bits per heavy atom. The summed E-state index contributed by atoms with van der Waals surface area (Å²) in [6.45, 7) is 4.27. The molecule has 2 aromatic rings. The molecule has 4 nitrogen and oxygen atoms in total. The lowest BCUT2D eigenvalue weighted by Crippen LogP contribution is -2.42. The number of halogens is 1. The van der Waals surface area contributed by atoms with Gasteiger partial charge in [-0.3, -0.25) is 0 Å². The van der Waals surface area contributed by atoms with E-state index in [1.54, 1.807) is 19.5 Å². The van der Waals surface area contributed by atoms with Crippen LogP contribution in [0.4, 0.5) is 0 Å². The molecule has 1 aliphatic carbocycles. The van der Waals surface area contributed by atoms with Crippen molar-refractivity contribution in [3.63, 3.8) is 0 Å². The van der Waals surface area contributed by atoms with Gasteiger partial charge in [-0.25, -0.2) is 4.98 Å². The Balaban J connectivity index is 2.15. The van der Waals surface area contributed by atoms with Crippen LogP contribution in [0.5, 0.6) is 0 Å². The lowest BCUT2D eigenvalue weighted by atomic mass is 9.67. The molecule has 1 atom stereocenters. The molecule has 0 spiro atoms. The summed E-state index contributed by atoms with van der Waals surface area (Å²) in [5.74, 6) is 0.935. The Labute approximate surface area is 123 Å². The molecule has 5 heteroatoms. The molecule has 0 bridgehead atoms. The average molecular weight is 293 g/mol. The number of hydrogen-bond donors (Lipinski definition) is 0. The fraction of sp³-hybridized carbons (Fsp3) is 0.467. The molecule has 20 heavy (non-hydrogen) atoms. The Morgan fingerprint density at radius 3 is 2.90 bits per heavy atom. The molecule has 0 aromatic carbocycles. The van der Waals surface area contributed by atoms with Crippen molar-refractivity contribution in [2.24, 2.45) is 0 Å². The van der Waals surface area contributed by atoms with Crippen LogP contribution in [-0.2, 0) is 22.2 Å². The fourth-order valence-corrected chi connectivity index (χ4v) is 3.57. The molecule has 1 unspecified atom stereocenters. The molecule has 106 valence electrons. The lowest BCUT2D eigenvalue weighted by molar-refractivity contribution is -0.0476. The van der Waals surface area contributed by atoms with Crippen LogP contribution < -0.4 is 0 Å². The van der Waals surface area contributed by atoms with E-state index in [4.69, 9.17) is 20.9 Å². The van der Waals surface area contributed by atoms with Gasteiger partial charge in [0, 0.05) is 36.3 Å². The van der Waals surface area contributed by atoms with E-state index in [1.807, 2.05) is 12.1 Å². The van der Waals surface area contributed by atoms with Crippen molar-refractivity contribution in [1.29, 1.82) is 0 Å².